The fourth-order valence-corrected chi connectivity index (χ4v) is 3.76. The van der Waals surface area contributed by atoms with E-state index in [1.807, 2.05) is 18.7 Å². The summed E-state index contributed by atoms with van der Waals surface area (Å²) >= 11 is 1.87. The van der Waals surface area contributed by atoms with Crippen molar-refractivity contribution in [1.29, 1.82) is 0 Å². The van der Waals surface area contributed by atoms with E-state index in [4.69, 9.17) is 5.84 Å². The Morgan fingerprint density at radius 2 is 2.14 bits per heavy atom. The highest BCUT2D eigenvalue weighted by Gasteiger charge is 2.31. The second-order valence-electron chi connectivity index (χ2n) is 5.65. The highest BCUT2D eigenvalue weighted by Crippen LogP contribution is 2.38. The average Bonchev–Trinajstić information content (AvgIpc) is 2.53. The van der Waals surface area contributed by atoms with Crippen molar-refractivity contribution in [1.82, 2.24) is 10.3 Å². The van der Waals surface area contributed by atoms with Gasteiger partial charge in [-0.2, -0.15) is 11.8 Å². The Balaban J connectivity index is 2.04. The number of rotatable bonds is 5. The first-order chi connectivity index (χ1) is 10.1. The quantitative estimate of drug-likeness (QED) is 0.575. The molecule has 4 N–H and O–H groups in total. The normalized spacial score (nSPS) is 17.3. The van der Waals surface area contributed by atoms with E-state index in [1.165, 1.54) is 32.1 Å². The van der Waals surface area contributed by atoms with Gasteiger partial charge < -0.3 is 10.7 Å². The van der Waals surface area contributed by atoms with Gasteiger partial charge >= 0.3 is 0 Å². The van der Waals surface area contributed by atoms with Gasteiger partial charge in [-0.3, -0.25) is 15.6 Å². The molecule has 0 bridgehead atoms. The molecule has 0 atom stereocenters. The number of hydrogen-bond acceptors (Lipinski definition) is 5. The molecule has 1 aromatic heterocycles. The first kappa shape index (κ1) is 16.1. The number of pyridine rings is 1. The molecule has 1 aliphatic rings. The van der Waals surface area contributed by atoms with Crippen LogP contribution in [0, 0.1) is 6.92 Å². The summed E-state index contributed by atoms with van der Waals surface area (Å²) in [5.41, 5.74) is 4.51. The minimum atomic E-state index is -0.116. The number of amides is 1. The van der Waals surface area contributed by atoms with Gasteiger partial charge in [-0.1, -0.05) is 19.3 Å². The van der Waals surface area contributed by atoms with Gasteiger partial charge in [-0.05, 0) is 32.1 Å². The fraction of sp³-hybridized carbons (Fsp3) is 0.600. The van der Waals surface area contributed by atoms with Crippen molar-refractivity contribution in [3.8, 4) is 0 Å². The van der Waals surface area contributed by atoms with Crippen LogP contribution in [0.15, 0.2) is 12.3 Å². The van der Waals surface area contributed by atoms with Gasteiger partial charge in [0.25, 0.3) is 5.91 Å². The molecule has 0 saturated heterocycles. The molecule has 116 valence electrons. The molecule has 1 aliphatic carbocycles. The molecular formula is C15H24N4OS. The number of nitrogens with two attached hydrogens (primary N) is 1. The Morgan fingerprint density at radius 3 is 2.76 bits per heavy atom. The number of aromatic nitrogens is 1. The SMILES string of the molecule is CSC1(CNC(=O)c2cnc(C)cc2NN)CCCCC1. The molecule has 0 spiro atoms. The van der Waals surface area contributed by atoms with Crippen molar-refractivity contribution in [2.75, 3.05) is 18.2 Å². The molecule has 1 heterocycles. The molecule has 0 aromatic carbocycles. The van der Waals surface area contributed by atoms with Gasteiger partial charge in [0.1, 0.15) is 0 Å². The lowest BCUT2D eigenvalue weighted by molar-refractivity contribution is 0.0947. The van der Waals surface area contributed by atoms with Gasteiger partial charge in [0.05, 0.1) is 11.3 Å². The number of nitrogen functional groups attached to an aromatic ring is 1. The summed E-state index contributed by atoms with van der Waals surface area (Å²) in [7, 11) is 0. The molecule has 0 unspecified atom stereocenters. The molecular weight excluding hydrogens is 284 g/mol. The van der Waals surface area contributed by atoms with Crippen LogP contribution in [0.25, 0.3) is 0 Å². The molecule has 21 heavy (non-hydrogen) atoms. The molecule has 6 heteroatoms. The zero-order chi connectivity index (χ0) is 15.3. The molecule has 1 aromatic rings. The van der Waals surface area contributed by atoms with E-state index < -0.39 is 0 Å². The Kier molecular flexibility index (Phi) is 5.47. The van der Waals surface area contributed by atoms with Crippen molar-refractivity contribution in [3.63, 3.8) is 0 Å². The minimum Gasteiger partial charge on any atom is -0.351 e. The lowest BCUT2D eigenvalue weighted by Gasteiger charge is -2.35. The van der Waals surface area contributed by atoms with E-state index in [2.05, 4.69) is 22.0 Å². The topological polar surface area (TPSA) is 80.0 Å². The van der Waals surface area contributed by atoms with Gasteiger partial charge in [0.2, 0.25) is 0 Å². The fourth-order valence-electron chi connectivity index (χ4n) is 2.85. The minimum absolute atomic E-state index is 0.116. The Bertz CT molecular complexity index is 500. The predicted molar refractivity (Wildman–Crippen MR) is 88.4 cm³/mol. The van der Waals surface area contributed by atoms with Crippen molar-refractivity contribution >= 4 is 23.4 Å². The second-order valence-corrected chi connectivity index (χ2v) is 6.92. The molecule has 0 radical (unpaired) electrons. The van der Waals surface area contributed by atoms with Crippen LogP contribution in [-0.4, -0.2) is 28.4 Å². The molecule has 1 amide bonds. The summed E-state index contributed by atoms with van der Waals surface area (Å²) in [5, 5.41) is 3.06. The third kappa shape index (κ3) is 3.89. The summed E-state index contributed by atoms with van der Waals surface area (Å²) in [6, 6.07) is 1.78. The van der Waals surface area contributed by atoms with Gasteiger partial charge in [0.15, 0.2) is 0 Å². The number of hydrogen-bond donors (Lipinski definition) is 3. The van der Waals surface area contributed by atoms with Gasteiger partial charge in [-0.15, -0.1) is 0 Å². The van der Waals surface area contributed by atoms with Crippen LogP contribution in [0.5, 0.6) is 0 Å². The zero-order valence-corrected chi connectivity index (χ0v) is 13.6. The van der Waals surface area contributed by atoms with E-state index in [9.17, 15) is 4.79 Å². The highest BCUT2D eigenvalue weighted by atomic mass is 32.2. The second kappa shape index (κ2) is 7.13. The number of carbonyl (C=O) groups is 1. The van der Waals surface area contributed by atoms with Crippen molar-refractivity contribution in [2.45, 2.75) is 43.8 Å². The van der Waals surface area contributed by atoms with Gasteiger partial charge in [0, 0.05) is 23.2 Å². The number of hydrazine groups is 1. The van der Waals surface area contributed by atoms with Crippen LogP contribution >= 0.6 is 11.8 Å². The number of nitrogens with one attached hydrogen (secondary N) is 2. The summed E-state index contributed by atoms with van der Waals surface area (Å²) in [6.45, 7) is 2.57. The third-order valence-corrected chi connectivity index (χ3v) is 5.63. The maximum atomic E-state index is 12.4. The summed E-state index contributed by atoms with van der Waals surface area (Å²) < 4.78 is 0.183. The molecule has 1 saturated carbocycles. The highest BCUT2D eigenvalue weighted by molar-refractivity contribution is 8.00. The number of aryl methyl sites for hydroxylation is 1. The Morgan fingerprint density at radius 1 is 1.43 bits per heavy atom. The maximum Gasteiger partial charge on any atom is 0.255 e. The monoisotopic (exact) mass is 308 g/mol. The standard InChI is InChI=1S/C15H24N4OS/c1-11-8-13(19-16)12(9-17-11)14(20)18-10-15(21-2)6-4-3-5-7-15/h8-9H,3-7,10,16H2,1-2H3,(H,17,19)(H,18,20). The number of carbonyl (C=O) groups excluding carboxylic acids is 1. The van der Waals surface area contributed by atoms with E-state index in [1.54, 1.807) is 12.3 Å². The number of anilines is 1. The van der Waals surface area contributed by atoms with Crippen LogP contribution in [0.1, 0.15) is 48.2 Å². The molecule has 2 rings (SSSR count). The Labute approximate surface area is 130 Å². The number of nitrogens with zero attached hydrogens (tertiary/aromatic N) is 1. The number of thioether (sulfide) groups is 1. The summed E-state index contributed by atoms with van der Waals surface area (Å²) in [5.74, 6) is 5.37. The molecule has 1 fully saturated rings. The maximum absolute atomic E-state index is 12.4. The van der Waals surface area contributed by atoms with E-state index in [-0.39, 0.29) is 10.7 Å². The molecule has 5 nitrogen and oxygen atoms in total. The van der Waals surface area contributed by atoms with Crippen LogP contribution < -0.4 is 16.6 Å². The third-order valence-electron chi connectivity index (χ3n) is 4.21. The zero-order valence-electron chi connectivity index (χ0n) is 12.7. The van der Waals surface area contributed by atoms with Crippen LogP contribution in [-0.2, 0) is 0 Å². The lowest BCUT2D eigenvalue weighted by atomic mass is 9.88. The lowest BCUT2D eigenvalue weighted by Crippen LogP contribution is -2.42. The van der Waals surface area contributed by atoms with Crippen LogP contribution in [0.2, 0.25) is 0 Å². The van der Waals surface area contributed by atoms with Crippen LogP contribution in [0.4, 0.5) is 5.69 Å². The first-order valence-electron chi connectivity index (χ1n) is 7.37. The van der Waals surface area contributed by atoms with E-state index in [0.717, 1.165) is 5.69 Å². The van der Waals surface area contributed by atoms with E-state index >= 15 is 0 Å². The largest absolute Gasteiger partial charge is 0.351 e. The van der Waals surface area contributed by atoms with Crippen molar-refractivity contribution in [3.05, 3.63) is 23.5 Å². The van der Waals surface area contributed by atoms with E-state index in [0.29, 0.717) is 17.8 Å². The van der Waals surface area contributed by atoms with Gasteiger partial charge in [-0.25, -0.2) is 0 Å². The average molecular weight is 308 g/mol. The van der Waals surface area contributed by atoms with Crippen molar-refractivity contribution in [2.24, 2.45) is 5.84 Å². The summed E-state index contributed by atoms with van der Waals surface area (Å²) in [6.07, 6.45) is 9.85. The molecule has 0 aliphatic heterocycles. The smallest absolute Gasteiger partial charge is 0.255 e. The predicted octanol–water partition coefficient (Wildman–Crippen LogP) is 2.47. The van der Waals surface area contributed by atoms with Crippen LogP contribution in [0.3, 0.4) is 0 Å². The Hall–Kier alpha value is -1.27. The first-order valence-corrected chi connectivity index (χ1v) is 8.59. The summed E-state index contributed by atoms with van der Waals surface area (Å²) in [4.78, 5) is 16.6. The van der Waals surface area contributed by atoms with Crippen molar-refractivity contribution < 1.29 is 4.79 Å².